The molecule has 0 aliphatic carbocycles. The molecule has 2 rings (SSSR count). The van der Waals surface area contributed by atoms with E-state index < -0.39 is 0 Å². The summed E-state index contributed by atoms with van der Waals surface area (Å²) < 4.78 is 16.6. The van der Waals surface area contributed by atoms with Crippen molar-refractivity contribution in [2.24, 2.45) is 0 Å². The first-order valence-electron chi connectivity index (χ1n) is 7.02. The Bertz CT molecular complexity index is 523. The molecule has 0 fully saturated rings. The molecule has 0 saturated heterocycles. The maximum Gasteiger partial charge on any atom is 0.119 e. The lowest BCUT2D eigenvalue weighted by Gasteiger charge is -2.09. The Morgan fingerprint density at radius 2 is 1.14 bits per heavy atom. The molecule has 2 aromatic rings. The number of rotatable bonds is 8. The molecule has 3 nitrogen and oxygen atoms in total. The topological polar surface area (TPSA) is 27.7 Å². The minimum absolute atomic E-state index is 0.610. The fourth-order valence-electron chi connectivity index (χ4n) is 1.77. The lowest BCUT2D eigenvalue weighted by atomic mass is 10.3. The van der Waals surface area contributed by atoms with E-state index in [1.807, 2.05) is 55.5 Å². The van der Waals surface area contributed by atoms with E-state index in [1.165, 1.54) is 0 Å². The van der Waals surface area contributed by atoms with Crippen molar-refractivity contribution in [2.75, 3.05) is 19.8 Å². The smallest absolute Gasteiger partial charge is 0.119 e. The summed E-state index contributed by atoms with van der Waals surface area (Å²) in [7, 11) is 0. The Labute approximate surface area is 130 Å². The lowest BCUT2D eigenvalue weighted by Crippen LogP contribution is -2.04. The zero-order valence-electron chi connectivity index (χ0n) is 12.0. The molecule has 0 aliphatic rings. The number of benzene rings is 2. The quantitative estimate of drug-likeness (QED) is 0.668. The van der Waals surface area contributed by atoms with Gasteiger partial charge in [0.05, 0.1) is 19.8 Å². The van der Waals surface area contributed by atoms with Gasteiger partial charge in [-0.1, -0.05) is 11.6 Å². The maximum atomic E-state index is 5.81. The Kier molecular flexibility index (Phi) is 6.22. The molecular weight excluding hydrogens is 288 g/mol. The van der Waals surface area contributed by atoms with Gasteiger partial charge in [0.1, 0.15) is 17.2 Å². The minimum Gasteiger partial charge on any atom is -0.494 e. The molecule has 0 aliphatic heterocycles. The van der Waals surface area contributed by atoms with Gasteiger partial charge < -0.3 is 14.2 Å². The van der Waals surface area contributed by atoms with Crippen molar-refractivity contribution in [1.82, 2.24) is 0 Å². The summed E-state index contributed by atoms with van der Waals surface area (Å²) in [5.41, 5.74) is 0. The van der Waals surface area contributed by atoms with Gasteiger partial charge in [0, 0.05) is 11.4 Å². The van der Waals surface area contributed by atoms with E-state index in [1.54, 1.807) is 0 Å². The summed E-state index contributed by atoms with van der Waals surface area (Å²) in [5, 5.41) is 0.709. The van der Waals surface area contributed by atoms with Crippen molar-refractivity contribution in [3.05, 3.63) is 53.6 Å². The molecule has 4 heteroatoms. The van der Waals surface area contributed by atoms with Crippen LogP contribution < -0.4 is 14.2 Å². The van der Waals surface area contributed by atoms with Crippen molar-refractivity contribution in [1.29, 1.82) is 0 Å². The summed E-state index contributed by atoms with van der Waals surface area (Å²) in [6, 6.07) is 15.0. The summed E-state index contributed by atoms with van der Waals surface area (Å²) in [4.78, 5) is 0. The van der Waals surface area contributed by atoms with Crippen LogP contribution in [0, 0.1) is 0 Å². The Hall–Kier alpha value is -1.87. The van der Waals surface area contributed by atoms with Crippen LogP contribution >= 0.6 is 11.6 Å². The molecule has 0 heterocycles. The van der Waals surface area contributed by atoms with Crippen LogP contribution in [-0.2, 0) is 0 Å². The van der Waals surface area contributed by atoms with Crippen LogP contribution in [0.2, 0.25) is 5.02 Å². The second kappa shape index (κ2) is 8.42. The monoisotopic (exact) mass is 306 g/mol. The van der Waals surface area contributed by atoms with E-state index in [0.29, 0.717) is 24.8 Å². The summed E-state index contributed by atoms with van der Waals surface area (Å²) in [6.45, 7) is 3.85. The highest BCUT2D eigenvalue weighted by molar-refractivity contribution is 6.30. The molecule has 0 atom stereocenters. The highest BCUT2D eigenvalue weighted by atomic mass is 35.5. The third-order valence-corrected chi connectivity index (χ3v) is 3.03. The van der Waals surface area contributed by atoms with Gasteiger partial charge in [-0.3, -0.25) is 0 Å². The van der Waals surface area contributed by atoms with Gasteiger partial charge in [-0.15, -0.1) is 0 Å². The van der Waals surface area contributed by atoms with E-state index in [0.717, 1.165) is 23.7 Å². The number of ether oxygens (including phenoxy) is 3. The summed E-state index contributed by atoms with van der Waals surface area (Å²) in [6.07, 6.45) is 0.815. The Morgan fingerprint density at radius 3 is 1.62 bits per heavy atom. The van der Waals surface area contributed by atoms with Crippen LogP contribution in [0.25, 0.3) is 0 Å². The zero-order valence-corrected chi connectivity index (χ0v) is 12.8. The first-order chi connectivity index (χ1) is 10.3. The third-order valence-electron chi connectivity index (χ3n) is 2.77. The van der Waals surface area contributed by atoms with Crippen molar-refractivity contribution in [3.8, 4) is 17.2 Å². The van der Waals surface area contributed by atoms with Gasteiger partial charge in [0.25, 0.3) is 0 Å². The highest BCUT2D eigenvalue weighted by Crippen LogP contribution is 2.18. The molecule has 0 saturated carbocycles. The largest absolute Gasteiger partial charge is 0.494 e. The molecule has 0 N–H and O–H groups in total. The molecule has 0 amide bonds. The van der Waals surface area contributed by atoms with Gasteiger partial charge in [-0.25, -0.2) is 0 Å². The van der Waals surface area contributed by atoms with Crippen LogP contribution in [0.15, 0.2) is 48.5 Å². The predicted octanol–water partition coefficient (Wildman–Crippen LogP) is 4.59. The molecule has 0 unspecified atom stereocenters. The van der Waals surface area contributed by atoms with E-state index >= 15 is 0 Å². The van der Waals surface area contributed by atoms with Crippen LogP contribution in [0.5, 0.6) is 17.2 Å². The Balaban J connectivity index is 1.64. The maximum absolute atomic E-state index is 5.81. The van der Waals surface area contributed by atoms with Crippen molar-refractivity contribution in [3.63, 3.8) is 0 Å². The zero-order chi connectivity index (χ0) is 14.9. The second-order valence-electron chi connectivity index (χ2n) is 4.41. The SMILES string of the molecule is CCOc1ccc(OCCCOc2ccc(Cl)cc2)cc1. The Morgan fingerprint density at radius 1 is 0.714 bits per heavy atom. The van der Waals surface area contributed by atoms with Gasteiger partial charge in [0.15, 0.2) is 0 Å². The van der Waals surface area contributed by atoms with Gasteiger partial charge in [0.2, 0.25) is 0 Å². The fraction of sp³-hybridized carbons (Fsp3) is 0.294. The van der Waals surface area contributed by atoms with Crippen molar-refractivity contribution >= 4 is 11.6 Å². The van der Waals surface area contributed by atoms with Gasteiger partial charge in [-0.2, -0.15) is 0 Å². The lowest BCUT2D eigenvalue weighted by molar-refractivity contribution is 0.247. The van der Waals surface area contributed by atoms with E-state index in [-0.39, 0.29) is 0 Å². The standard InChI is InChI=1S/C17H19ClO3/c1-2-19-15-8-10-17(11-9-15)21-13-3-12-20-16-6-4-14(18)5-7-16/h4-11H,2-3,12-13H2,1H3. The van der Waals surface area contributed by atoms with Crippen LogP contribution in [0.3, 0.4) is 0 Å². The molecule has 0 aromatic heterocycles. The predicted molar refractivity (Wildman–Crippen MR) is 84.7 cm³/mol. The minimum atomic E-state index is 0.610. The molecular formula is C17H19ClO3. The molecule has 2 aromatic carbocycles. The molecule has 0 radical (unpaired) electrons. The van der Waals surface area contributed by atoms with Crippen LogP contribution in [-0.4, -0.2) is 19.8 Å². The molecule has 21 heavy (non-hydrogen) atoms. The average molecular weight is 307 g/mol. The van der Waals surface area contributed by atoms with Gasteiger partial charge >= 0.3 is 0 Å². The normalized spacial score (nSPS) is 10.2. The van der Waals surface area contributed by atoms with E-state index in [4.69, 9.17) is 25.8 Å². The van der Waals surface area contributed by atoms with E-state index in [9.17, 15) is 0 Å². The second-order valence-corrected chi connectivity index (χ2v) is 4.85. The fourth-order valence-corrected chi connectivity index (χ4v) is 1.89. The number of halogens is 1. The van der Waals surface area contributed by atoms with Crippen LogP contribution in [0.1, 0.15) is 13.3 Å². The first kappa shape index (κ1) is 15.5. The summed E-state index contributed by atoms with van der Waals surface area (Å²) in [5.74, 6) is 2.52. The molecule has 0 spiro atoms. The van der Waals surface area contributed by atoms with Crippen molar-refractivity contribution in [2.45, 2.75) is 13.3 Å². The third kappa shape index (κ3) is 5.56. The van der Waals surface area contributed by atoms with Gasteiger partial charge in [-0.05, 0) is 55.5 Å². The average Bonchev–Trinajstić information content (AvgIpc) is 2.51. The summed E-state index contributed by atoms with van der Waals surface area (Å²) >= 11 is 5.81. The van der Waals surface area contributed by atoms with Crippen molar-refractivity contribution < 1.29 is 14.2 Å². The number of hydrogen-bond acceptors (Lipinski definition) is 3. The number of hydrogen-bond donors (Lipinski definition) is 0. The van der Waals surface area contributed by atoms with Crippen LogP contribution in [0.4, 0.5) is 0 Å². The first-order valence-corrected chi connectivity index (χ1v) is 7.40. The highest BCUT2D eigenvalue weighted by Gasteiger charge is 1.97. The molecule has 112 valence electrons. The van der Waals surface area contributed by atoms with E-state index in [2.05, 4.69) is 0 Å². The molecule has 0 bridgehead atoms.